The summed E-state index contributed by atoms with van der Waals surface area (Å²) in [7, 11) is 0. The summed E-state index contributed by atoms with van der Waals surface area (Å²) in [5.41, 5.74) is 0. The van der Waals surface area contributed by atoms with Gasteiger partial charge in [0.25, 0.3) is 0 Å². The third-order valence-electron chi connectivity index (χ3n) is 2.60. The van der Waals surface area contributed by atoms with Gasteiger partial charge in [0, 0.05) is 19.5 Å². The van der Waals surface area contributed by atoms with Crippen LogP contribution in [0.25, 0.3) is 0 Å². The van der Waals surface area contributed by atoms with Gasteiger partial charge in [0.05, 0.1) is 0 Å². The van der Waals surface area contributed by atoms with Gasteiger partial charge in [-0.3, -0.25) is 4.79 Å². The van der Waals surface area contributed by atoms with Crippen LogP contribution >= 0.6 is 11.8 Å². The van der Waals surface area contributed by atoms with Crippen LogP contribution in [0.3, 0.4) is 0 Å². The van der Waals surface area contributed by atoms with Crippen molar-refractivity contribution in [2.45, 2.75) is 19.3 Å². The highest BCUT2D eigenvalue weighted by atomic mass is 32.2. The molecule has 0 spiro atoms. The molecule has 2 rings (SSSR count). The molecule has 0 aromatic rings. The van der Waals surface area contributed by atoms with E-state index < -0.39 is 0 Å². The maximum absolute atomic E-state index is 11.4. The number of nitrogens with zero attached hydrogens (tertiary/aromatic N) is 1. The van der Waals surface area contributed by atoms with Gasteiger partial charge in [-0.25, -0.2) is 0 Å². The van der Waals surface area contributed by atoms with Gasteiger partial charge in [0.2, 0.25) is 5.91 Å². The zero-order valence-corrected chi connectivity index (χ0v) is 8.11. The van der Waals surface area contributed by atoms with Crippen molar-refractivity contribution < 1.29 is 4.79 Å². The minimum absolute atomic E-state index is 0.395. The van der Waals surface area contributed by atoms with Crippen molar-refractivity contribution in [2.24, 2.45) is 5.92 Å². The first-order valence-corrected chi connectivity index (χ1v) is 5.87. The van der Waals surface area contributed by atoms with E-state index in [0.29, 0.717) is 11.8 Å². The maximum atomic E-state index is 11.4. The second-order valence-corrected chi connectivity index (χ2v) is 4.87. The summed E-state index contributed by atoms with van der Waals surface area (Å²) in [6.07, 6.45) is 3.33. The lowest BCUT2D eigenvalue weighted by molar-refractivity contribution is -0.126. The van der Waals surface area contributed by atoms with E-state index in [9.17, 15) is 4.79 Å². The Morgan fingerprint density at radius 1 is 1.33 bits per heavy atom. The van der Waals surface area contributed by atoms with Crippen molar-refractivity contribution in [3.8, 4) is 0 Å². The average Bonchev–Trinajstić information content (AvgIpc) is 2.88. The summed E-state index contributed by atoms with van der Waals surface area (Å²) in [6.45, 7) is 2.03. The van der Waals surface area contributed by atoms with Gasteiger partial charge in [0.15, 0.2) is 0 Å². The topological polar surface area (TPSA) is 20.1 Å². The molecule has 2 aliphatic rings. The molecular formula is C9H15NOS. The molecular weight excluding hydrogens is 170 g/mol. The molecule has 2 saturated heterocycles. The predicted octanol–water partition coefficient (Wildman–Crippen LogP) is 1.36. The standard InChI is InChI=1S/C9H15NOS/c11-9(10-3-4-10)7-8-1-5-12-6-2-8/h8H,1-7H2. The van der Waals surface area contributed by atoms with Gasteiger partial charge in [-0.2, -0.15) is 11.8 Å². The van der Waals surface area contributed by atoms with Crippen molar-refractivity contribution in [2.75, 3.05) is 24.6 Å². The van der Waals surface area contributed by atoms with Crippen molar-refractivity contribution >= 4 is 17.7 Å². The molecule has 0 radical (unpaired) electrons. The fraction of sp³-hybridized carbons (Fsp3) is 0.889. The molecule has 0 N–H and O–H groups in total. The van der Waals surface area contributed by atoms with Crippen LogP contribution < -0.4 is 0 Å². The second-order valence-electron chi connectivity index (χ2n) is 3.64. The van der Waals surface area contributed by atoms with Crippen molar-refractivity contribution in [3.05, 3.63) is 0 Å². The van der Waals surface area contributed by atoms with Crippen LogP contribution in [0, 0.1) is 5.92 Å². The molecule has 0 aliphatic carbocycles. The molecule has 2 aliphatic heterocycles. The van der Waals surface area contributed by atoms with Crippen LogP contribution in [0.1, 0.15) is 19.3 Å². The van der Waals surface area contributed by atoms with E-state index in [1.165, 1.54) is 24.3 Å². The number of amides is 1. The lowest BCUT2D eigenvalue weighted by atomic mass is 9.98. The predicted molar refractivity (Wildman–Crippen MR) is 51.2 cm³/mol. The first kappa shape index (κ1) is 8.42. The van der Waals surface area contributed by atoms with Crippen LogP contribution in [0.2, 0.25) is 0 Å². The van der Waals surface area contributed by atoms with Crippen LogP contribution in [0.15, 0.2) is 0 Å². The number of carbonyl (C=O) groups excluding carboxylic acids is 1. The van der Waals surface area contributed by atoms with E-state index in [4.69, 9.17) is 0 Å². The molecule has 2 heterocycles. The van der Waals surface area contributed by atoms with E-state index in [0.717, 1.165) is 19.5 Å². The Morgan fingerprint density at radius 3 is 2.58 bits per heavy atom. The van der Waals surface area contributed by atoms with Gasteiger partial charge < -0.3 is 4.90 Å². The second kappa shape index (κ2) is 3.69. The fourth-order valence-electron chi connectivity index (χ4n) is 1.63. The van der Waals surface area contributed by atoms with Gasteiger partial charge in [0.1, 0.15) is 0 Å². The highest BCUT2D eigenvalue weighted by Gasteiger charge is 2.26. The van der Waals surface area contributed by atoms with Gasteiger partial charge in [-0.1, -0.05) is 0 Å². The Labute approximate surface area is 77.7 Å². The minimum atomic E-state index is 0.395. The van der Waals surface area contributed by atoms with Gasteiger partial charge in [-0.15, -0.1) is 0 Å². The lowest BCUT2D eigenvalue weighted by Gasteiger charge is -2.20. The molecule has 0 aromatic heterocycles. The van der Waals surface area contributed by atoms with Crippen LogP contribution in [0.5, 0.6) is 0 Å². The Morgan fingerprint density at radius 2 is 2.00 bits per heavy atom. The molecule has 2 fully saturated rings. The molecule has 68 valence electrons. The van der Waals surface area contributed by atoms with Gasteiger partial charge >= 0.3 is 0 Å². The summed E-state index contributed by atoms with van der Waals surface area (Å²) < 4.78 is 0. The molecule has 0 unspecified atom stereocenters. The third-order valence-corrected chi connectivity index (χ3v) is 3.65. The Hall–Kier alpha value is -0.180. The smallest absolute Gasteiger partial charge is 0.222 e. The molecule has 0 aromatic carbocycles. The third kappa shape index (κ3) is 2.16. The summed E-state index contributed by atoms with van der Waals surface area (Å²) in [4.78, 5) is 13.3. The number of thioether (sulfide) groups is 1. The molecule has 3 heteroatoms. The van der Waals surface area contributed by atoms with E-state index >= 15 is 0 Å². The molecule has 0 bridgehead atoms. The van der Waals surface area contributed by atoms with E-state index in [2.05, 4.69) is 0 Å². The maximum Gasteiger partial charge on any atom is 0.222 e. The van der Waals surface area contributed by atoms with E-state index in [1.54, 1.807) is 0 Å². The number of hydrogen-bond donors (Lipinski definition) is 0. The van der Waals surface area contributed by atoms with Crippen LogP contribution in [-0.4, -0.2) is 35.4 Å². The van der Waals surface area contributed by atoms with E-state index in [-0.39, 0.29) is 0 Å². The van der Waals surface area contributed by atoms with Gasteiger partial charge in [-0.05, 0) is 30.3 Å². The molecule has 2 nitrogen and oxygen atoms in total. The minimum Gasteiger partial charge on any atom is -0.339 e. The monoisotopic (exact) mass is 185 g/mol. The Kier molecular flexibility index (Phi) is 2.59. The Bertz CT molecular complexity index is 173. The van der Waals surface area contributed by atoms with Crippen molar-refractivity contribution in [1.82, 2.24) is 4.90 Å². The van der Waals surface area contributed by atoms with Crippen molar-refractivity contribution in [3.63, 3.8) is 0 Å². The number of hydrogen-bond acceptors (Lipinski definition) is 2. The molecule has 0 saturated carbocycles. The lowest BCUT2D eigenvalue weighted by Crippen LogP contribution is -2.18. The molecule has 1 amide bonds. The number of rotatable bonds is 2. The first-order chi connectivity index (χ1) is 5.86. The summed E-state index contributed by atoms with van der Waals surface area (Å²) in [5.74, 6) is 3.61. The average molecular weight is 185 g/mol. The SMILES string of the molecule is O=C(CC1CCSCC1)N1CC1. The summed E-state index contributed by atoms with van der Waals surface area (Å²) in [5, 5.41) is 0. The van der Waals surface area contributed by atoms with Crippen molar-refractivity contribution in [1.29, 1.82) is 0 Å². The summed E-state index contributed by atoms with van der Waals surface area (Å²) >= 11 is 2.02. The quantitative estimate of drug-likeness (QED) is 0.605. The normalized spacial score (nSPS) is 24.2. The summed E-state index contributed by atoms with van der Waals surface area (Å²) in [6, 6.07) is 0. The highest BCUT2D eigenvalue weighted by molar-refractivity contribution is 7.99. The molecule has 12 heavy (non-hydrogen) atoms. The Balaban J connectivity index is 1.73. The van der Waals surface area contributed by atoms with E-state index in [1.807, 2.05) is 16.7 Å². The zero-order chi connectivity index (χ0) is 8.39. The largest absolute Gasteiger partial charge is 0.339 e. The van der Waals surface area contributed by atoms with Crippen LogP contribution in [-0.2, 0) is 4.79 Å². The zero-order valence-electron chi connectivity index (χ0n) is 7.29. The van der Waals surface area contributed by atoms with Crippen LogP contribution in [0.4, 0.5) is 0 Å². The molecule has 0 atom stereocenters. The number of carbonyl (C=O) groups is 1. The first-order valence-electron chi connectivity index (χ1n) is 4.72. The fourth-order valence-corrected chi connectivity index (χ4v) is 2.83. The highest BCUT2D eigenvalue weighted by Crippen LogP contribution is 2.26.